The Morgan fingerprint density at radius 2 is 1.98 bits per heavy atom. The average Bonchev–Trinajstić information content (AvgIpc) is 3.76. The van der Waals surface area contributed by atoms with Gasteiger partial charge >= 0.3 is 12.1 Å². The third-order valence-corrected chi connectivity index (χ3v) is 10.5. The molecule has 0 saturated carbocycles. The topological polar surface area (TPSA) is 156 Å². The second-order valence-electron chi connectivity index (χ2n) is 13.4. The molecule has 1 aromatic rings. The summed E-state index contributed by atoms with van der Waals surface area (Å²) < 4.78 is 29.0. The van der Waals surface area contributed by atoms with Gasteiger partial charge in [-0.2, -0.15) is 12.6 Å². The lowest BCUT2D eigenvalue weighted by molar-refractivity contribution is -0.161. The molecule has 2 N–H and O–H groups in total. The van der Waals surface area contributed by atoms with Crippen LogP contribution in [0.1, 0.15) is 52.5 Å². The zero-order valence-corrected chi connectivity index (χ0v) is 31.4. The second kappa shape index (κ2) is 15.9. The van der Waals surface area contributed by atoms with E-state index in [1.54, 1.807) is 45.2 Å². The highest BCUT2D eigenvalue weighted by atomic mass is 35.5. The molecule has 0 aliphatic carbocycles. The Morgan fingerprint density at radius 1 is 1.28 bits per heavy atom. The van der Waals surface area contributed by atoms with E-state index in [1.165, 1.54) is 38.0 Å². The van der Waals surface area contributed by atoms with E-state index in [2.05, 4.69) is 17.9 Å². The summed E-state index contributed by atoms with van der Waals surface area (Å²) >= 11 is 10.8. The highest BCUT2D eigenvalue weighted by molar-refractivity contribution is 7.80. The van der Waals surface area contributed by atoms with Crippen molar-refractivity contribution in [2.75, 3.05) is 39.0 Å². The summed E-state index contributed by atoms with van der Waals surface area (Å²) in [6, 6.07) is 2.60. The van der Waals surface area contributed by atoms with Gasteiger partial charge in [0.1, 0.15) is 40.7 Å². The van der Waals surface area contributed by atoms with Crippen LogP contribution in [0.2, 0.25) is 5.02 Å². The predicted octanol–water partition coefficient (Wildman–Crippen LogP) is 3.83. The van der Waals surface area contributed by atoms with E-state index in [9.17, 15) is 24.3 Å². The predicted molar refractivity (Wildman–Crippen MR) is 189 cm³/mol. The number of hydrogen-bond acceptors (Lipinski definition) is 11. The maximum atomic E-state index is 14.0. The largest absolute Gasteiger partial charge is 0.495 e. The molecule has 276 valence electrons. The van der Waals surface area contributed by atoms with Crippen molar-refractivity contribution >= 4 is 53.8 Å². The number of alkyl carbamates (subject to hydrolysis) is 1. The van der Waals surface area contributed by atoms with Crippen LogP contribution in [0.3, 0.4) is 0 Å². The van der Waals surface area contributed by atoms with Gasteiger partial charge in [0, 0.05) is 40.0 Å². The quantitative estimate of drug-likeness (QED) is 0.214. The lowest BCUT2D eigenvalue weighted by Crippen LogP contribution is -2.63. The molecule has 8 atom stereocenters. The van der Waals surface area contributed by atoms with Crippen molar-refractivity contribution in [1.82, 2.24) is 10.2 Å². The summed E-state index contributed by atoms with van der Waals surface area (Å²) in [4.78, 5) is 55.6. The molecule has 4 bridgehead atoms. The normalized spacial score (nSPS) is 32.3. The number of aliphatic hydroxyl groups is 1. The molecule has 2 saturated heterocycles. The van der Waals surface area contributed by atoms with Gasteiger partial charge in [0.2, 0.25) is 11.8 Å². The highest BCUT2D eigenvalue weighted by Gasteiger charge is 2.64. The van der Waals surface area contributed by atoms with Crippen LogP contribution in [0.5, 0.6) is 5.75 Å². The maximum absolute atomic E-state index is 14.0. The number of halogens is 1. The van der Waals surface area contributed by atoms with Gasteiger partial charge in [-0.25, -0.2) is 9.59 Å². The fraction of sp³-hybridized carbons (Fsp3) is 0.600. The minimum absolute atomic E-state index is 0.0489. The SMILES string of the molecule is COc1cc2cc(c1Cl)N(C)C(=O)C[C@H](OC(=O)[C@H](C)N(C)C(=O)CCS)[C@@]1(C)OC1[C@H](C)[C@@H]1C[C@@](O)(NC(=O)O1)[C@H](OC)/C=C/C=C(\C)C2. The molecule has 4 rings (SSSR count). The monoisotopic (exact) mass is 737 g/mol. The molecule has 50 heavy (non-hydrogen) atoms. The number of benzene rings is 1. The fourth-order valence-electron chi connectivity index (χ4n) is 6.49. The fourth-order valence-corrected chi connectivity index (χ4v) is 6.99. The van der Waals surface area contributed by atoms with Gasteiger partial charge in [-0.15, -0.1) is 0 Å². The number of hydrogen-bond donors (Lipinski definition) is 3. The molecule has 1 aromatic carbocycles. The number of allylic oxidation sites excluding steroid dienone is 3. The van der Waals surface area contributed by atoms with Gasteiger partial charge in [-0.1, -0.05) is 42.3 Å². The Kier molecular flexibility index (Phi) is 12.6. The molecule has 15 heteroatoms. The van der Waals surface area contributed by atoms with E-state index < -0.39 is 65.7 Å². The smallest absolute Gasteiger partial charge is 0.409 e. The molecule has 2 fully saturated rings. The second-order valence-corrected chi connectivity index (χ2v) is 14.2. The Morgan fingerprint density at radius 3 is 2.62 bits per heavy atom. The molecule has 1 unspecified atom stereocenters. The number of thiol groups is 1. The zero-order chi connectivity index (χ0) is 37.1. The van der Waals surface area contributed by atoms with E-state index in [0.29, 0.717) is 23.6 Å². The van der Waals surface area contributed by atoms with Crippen LogP contribution in [-0.4, -0.2) is 110 Å². The van der Waals surface area contributed by atoms with Crippen LogP contribution in [0.15, 0.2) is 35.9 Å². The van der Waals surface area contributed by atoms with Gasteiger partial charge in [0.05, 0.1) is 25.3 Å². The van der Waals surface area contributed by atoms with Gasteiger partial charge in [-0.05, 0) is 50.6 Å². The van der Waals surface area contributed by atoms with Crippen molar-refractivity contribution in [3.8, 4) is 5.75 Å². The van der Waals surface area contributed by atoms with Crippen LogP contribution in [0.25, 0.3) is 0 Å². The molecule has 3 amide bonds. The first-order valence-electron chi connectivity index (χ1n) is 16.4. The number of nitrogens with one attached hydrogen (secondary N) is 1. The van der Waals surface area contributed by atoms with Crippen LogP contribution < -0.4 is 15.0 Å². The minimum atomic E-state index is -1.82. The molecule has 3 aliphatic heterocycles. The molecule has 3 heterocycles. The maximum Gasteiger partial charge on any atom is 0.409 e. The molecular weight excluding hydrogens is 690 g/mol. The first kappa shape index (κ1) is 39.5. The Balaban J connectivity index is 1.78. The number of amides is 3. The lowest BCUT2D eigenvalue weighted by atomic mass is 9.83. The number of rotatable bonds is 7. The molecule has 0 spiro atoms. The highest BCUT2D eigenvalue weighted by Crippen LogP contribution is 2.49. The summed E-state index contributed by atoms with van der Waals surface area (Å²) in [5, 5.41) is 14.4. The van der Waals surface area contributed by atoms with E-state index in [1.807, 2.05) is 13.0 Å². The number of epoxide rings is 1. The number of methoxy groups -OCH3 is 2. The third-order valence-electron chi connectivity index (χ3n) is 9.85. The number of carbonyl (C=O) groups is 4. The van der Waals surface area contributed by atoms with Crippen molar-refractivity contribution in [3.63, 3.8) is 0 Å². The minimum Gasteiger partial charge on any atom is -0.495 e. The Labute approximate surface area is 303 Å². The van der Waals surface area contributed by atoms with E-state index in [4.69, 9.17) is 35.3 Å². The van der Waals surface area contributed by atoms with Crippen LogP contribution in [0, 0.1) is 5.92 Å². The van der Waals surface area contributed by atoms with Gasteiger partial charge < -0.3 is 38.6 Å². The van der Waals surface area contributed by atoms with Crippen molar-refractivity contribution in [2.45, 2.75) is 95.2 Å². The summed E-state index contributed by atoms with van der Waals surface area (Å²) in [6.45, 7) is 6.96. The van der Waals surface area contributed by atoms with Crippen LogP contribution >= 0.6 is 24.2 Å². The first-order valence-corrected chi connectivity index (χ1v) is 17.5. The molecule has 0 aromatic heterocycles. The lowest BCUT2D eigenvalue weighted by Gasteiger charge is -2.42. The zero-order valence-electron chi connectivity index (χ0n) is 29.7. The first-order chi connectivity index (χ1) is 23.5. The molecule has 0 radical (unpaired) electrons. The van der Waals surface area contributed by atoms with E-state index in [0.717, 1.165) is 11.1 Å². The van der Waals surface area contributed by atoms with Gasteiger partial charge in [0.25, 0.3) is 0 Å². The van der Waals surface area contributed by atoms with Crippen LogP contribution in [-0.2, 0) is 39.8 Å². The molecule has 3 aliphatic rings. The van der Waals surface area contributed by atoms with Gasteiger partial charge in [0.15, 0.2) is 5.72 Å². The van der Waals surface area contributed by atoms with Crippen molar-refractivity contribution in [3.05, 3.63) is 46.5 Å². The van der Waals surface area contributed by atoms with E-state index >= 15 is 0 Å². The molecule has 13 nitrogen and oxygen atoms in total. The Hall–Kier alpha value is -3.30. The number of anilines is 1. The molecular formula is C35H48ClN3O10S. The number of ether oxygens (including phenoxy) is 5. The van der Waals surface area contributed by atoms with Gasteiger partial charge in [-0.3, -0.25) is 14.9 Å². The number of fused-ring (bicyclic) bond motifs is 5. The van der Waals surface area contributed by atoms with Crippen molar-refractivity contribution in [2.24, 2.45) is 5.92 Å². The standard InChI is InChI=1S/C35H48ClN3O10S/c1-19-10-9-11-26(46-8)35(44)18-25(47-33(43)37-35)20(2)31-34(4,49-31)27(48-32(42)21(3)38(5)28(40)12-13-50)17-29(41)39(6)23-15-22(14-19)16-24(45-7)30(23)36/h9-11,15-16,20-21,25-27,31,44,50H,12-14,17-18H2,1-8H3,(H,37,43)/b11-9+,19-10+/t20-,21+,25+,26-,27+,31?,34-,35+/m1/s1. The van der Waals surface area contributed by atoms with Crippen molar-refractivity contribution in [1.29, 1.82) is 0 Å². The number of esters is 1. The van der Waals surface area contributed by atoms with Crippen molar-refractivity contribution < 1.29 is 48.0 Å². The van der Waals surface area contributed by atoms with Crippen LogP contribution in [0.4, 0.5) is 10.5 Å². The Bertz CT molecular complexity index is 1540. The summed E-state index contributed by atoms with van der Waals surface area (Å²) in [5.41, 5.74) is -0.903. The summed E-state index contributed by atoms with van der Waals surface area (Å²) in [7, 11) is 5.98. The van der Waals surface area contributed by atoms with E-state index in [-0.39, 0.29) is 30.2 Å². The summed E-state index contributed by atoms with van der Waals surface area (Å²) in [5.74, 6) is -1.30. The average molecular weight is 738 g/mol. The number of likely N-dealkylation sites (N-methyl/N-ethyl adjacent to an activating group) is 1. The summed E-state index contributed by atoms with van der Waals surface area (Å²) in [6.07, 6.45) is 1.08. The number of nitrogens with zero attached hydrogens (tertiary/aromatic N) is 2. The number of carbonyl (C=O) groups excluding carboxylic acids is 4. The third kappa shape index (κ3) is 8.42.